The Kier molecular flexibility index (Phi) is 38.9. The van der Waals surface area contributed by atoms with Crippen LogP contribution >= 0.6 is 70.9 Å². The number of amides is 3. The van der Waals surface area contributed by atoms with E-state index in [1.54, 1.807) is 43.5 Å². The first-order valence-electron chi connectivity index (χ1n) is 17.1. The third-order valence-electron chi connectivity index (χ3n) is 6.17. The van der Waals surface area contributed by atoms with Crippen LogP contribution in [0.25, 0.3) is 0 Å². The number of methoxy groups -OCH3 is 2. The van der Waals surface area contributed by atoms with Gasteiger partial charge in [-0.2, -0.15) is 37.9 Å². The molecule has 0 saturated carbocycles. The number of ether oxygens (including phenoxy) is 5. The number of para-hydroxylation sites is 4. The minimum Gasteiger partial charge on any atom is -0.493 e. The van der Waals surface area contributed by atoms with Crippen LogP contribution in [0.4, 0.5) is 0 Å². The molecule has 0 bridgehead atoms. The number of hydrogen-bond donors (Lipinski definition) is 10. The van der Waals surface area contributed by atoms with Crippen LogP contribution < -0.4 is 34.9 Å². The number of carbonyl (C=O) groups excluding carboxylic acids is 5. The smallest absolute Gasteiger partial charge is 0.329 e. The van der Waals surface area contributed by atoms with Gasteiger partial charge in [-0.1, -0.05) is 24.3 Å². The van der Waals surface area contributed by atoms with E-state index in [-0.39, 0.29) is 61.4 Å². The van der Waals surface area contributed by atoms with E-state index < -0.39 is 56.7 Å². The van der Waals surface area contributed by atoms with Crippen molar-refractivity contribution in [3.05, 3.63) is 48.5 Å². The molecule has 0 aliphatic heterocycles. The van der Waals surface area contributed by atoms with Crippen molar-refractivity contribution in [3.63, 3.8) is 0 Å². The number of thiol groups is 3. The van der Waals surface area contributed by atoms with Crippen molar-refractivity contribution < 1.29 is 77.1 Å². The van der Waals surface area contributed by atoms with Crippen LogP contribution in [0.1, 0.15) is 20.8 Å². The number of nitrogens with one attached hydrogen (secondary N) is 3. The molecule has 0 fully saturated rings. The second-order valence-electron chi connectivity index (χ2n) is 11.2. The fraction of sp³-hybridized carbons (Fsp3) is 0.486. The summed E-state index contributed by atoms with van der Waals surface area (Å²) in [4.78, 5) is 64.0. The molecule has 5 atom stereocenters. The summed E-state index contributed by atoms with van der Waals surface area (Å²) in [5.41, 5.74) is 0. The van der Waals surface area contributed by atoms with Crippen LogP contribution in [0.15, 0.2) is 48.5 Å². The number of carboxylic acid groups (broad SMARTS) is 1. The summed E-state index contributed by atoms with van der Waals surface area (Å²) in [5.74, 6) is -0.111. The average molecular weight is 1010 g/mol. The molecule has 2 aromatic rings. The molecule has 3 amide bonds. The summed E-state index contributed by atoms with van der Waals surface area (Å²) in [5, 5.41) is 42.2. The van der Waals surface area contributed by atoms with Gasteiger partial charge in [0, 0.05) is 59.4 Å². The number of aliphatic carboxylic acids is 1. The molecular weight excluding hydrogens is 953 g/mol. The molecule has 0 radical (unpaired) electrons. The summed E-state index contributed by atoms with van der Waals surface area (Å²) in [6.45, 7) is 3.29. The van der Waals surface area contributed by atoms with Crippen molar-refractivity contribution in [2.75, 3.05) is 57.9 Å². The van der Waals surface area contributed by atoms with Gasteiger partial charge in [-0.15, -0.1) is 0 Å². The van der Waals surface area contributed by atoms with Crippen LogP contribution in [-0.2, 0) is 42.7 Å². The van der Waals surface area contributed by atoms with Crippen molar-refractivity contribution >= 4 is 115 Å². The fourth-order valence-electron chi connectivity index (χ4n) is 3.50. The maximum atomic E-state index is 11.7. The lowest BCUT2D eigenvalue weighted by atomic mass is 10.3. The highest BCUT2D eigenvalue weighted by molar-refractivity contribution is 8.26. The topological polar surface area (TPSA) is 283 Å². The number of esters is 1. The van der Waals surface area contributed by atoms with Crippen molar-refractivity contribution in [1.82, 2.24) is 16.0 Å². The largest absolute Gasteiger partial charge is 0.493 e. The second kappa shape index (κ2) is 38.3. The van der Waals surface area contributed by atoms with Gasteiger partial charge >= 0.3 is 11.9 Å². The number of aliphatic hydroxyl groups is 3. The van der Waals surface area contributed by atoms with Crippen molar-refractivity contribution in [2.45, 2.75) is 51.1 Å². The molecular formula is C35H52Cl3N3O16S4. The Labute approximate surface area is 386 Å². The van der Waals surface area contributed by atoms with Gasteiger partial charge in [0.15, 0.2) is 23.0 Å². The van der Waals surface area contributed by atoms with Gasteiger partial charge in [0.05, 0.1) is 20.8 Å². The van der Waals surface area contributed by atoms with E-state index >= 15 is 0 Å². The SMILES string of the molecule is CC(=O)N[C@H](CS)C(=O)Cl.CC(=O)N[C@H](CS)C(=O)O.COc1ccccc1OCC(O)CO.COc1ccccc1OCC(O)COC(=O)[C@@H](CS)NC(C)=O.O=S(Cl)Cl. The third-order valence-corrected chi connectivity index (χ3v) is 7.52. The van der Waals surface area contributed by atoms with Crippen molar-refractivity contribution in [1.29, 1.82) is 0 Å². The molecule has 26 heteroatoms. The molecule has 19 nitrogen and oxygen atoms in total. The first kappa shape index (κ1) is 61.9. The number of carbonyl (C=O) groups is 6. The summed E-state index contributed by atoms with van der Waals surface area (Å²) < 4.78 is 34.9. The number of carboxylic acids is 1. The zero-order valence-corrected chi connectivity index (χ0v) is 39.3. The maximum absolute atomic E-state index is 11.7. The van der Waals surface area contributed by atoms with E-state index in [1.807, 2.05) is 12.1 Å². The highest BCUT2D eigenvalue weighted by Gasteiger charge is 2.21. The Morgan fingerprint density at radius 2 is 1.00 bits per heavy atom. The van der Waals surface area contributed by atoms with Crippen LogP contribution in [0.2, 0.25) is 0 Å². The molecule has 0 spiro atoms. The highest BCUT2D eigenvalue weighted by Crippen LogP contribution is 2.26. The van der Waals surface area contributed by atoms with Crippen LogP contribution in [0, 0.1) is 0 Å². The first-order valence-corrected chi connectivity index (χ1v) is 22.2. The minimum absolute atomic E-state index is 0.0525. The van der Waals surface area contributed by atoms with Crippen molar-refractivity contribution in [2.24, 2.45) is 0 Å². The highest BCUT2D eigenvalue weighted by atomic mass is 36.0. The number of benzene rings is 2. The fourth-order valence-corrected chi connectivity index (χ4v) is 4.49. The number of rotatable bonds is 20. The Hall–Kier alpha value is -3.39. The average Bonchev–Trinajstić information content (AvgIpc) is 3.21. The van der Waals surface area contributed by atoms with Gasteiger partial charge in [0.2, 0.25) is 32.2 Å². The molecule has 2 aromatic carbocycles. The molecule has 7 N–H and O–H groups in total. The lowest BCUT2D eigenvalue weighted by Gasteiger charge is -2.17. The quantitative estimate of drug-likeness (QED) is 0.0512. The van der Waals surface area contributed by atoms with Gasteiger partial charge in [0.1, 0.15) is 50.2 Å². The van der Waals surface area contributed by atoms with E-state index in [0.29, 0.717) is 23.0 Å². The van der Waals surface area contributed by atoms with Crippen LogP contribution in [0.3, 0.4) is 0 Å². The van der Waals surface area contributed by atoms with Crippen LogP contribution in [0.5, 0.6) is 23.0 Å². The minimum atomic E-state index is -1.67. The van der Waals surface area contributed by atoms with E-state index in [9.17, 15) is 33.9 Å². The van der Waals surface area contributed by atoms with Gasteiger partial charge in [-0.05, 0) is 35.9 Å². The first-order chi connectivity index (χ1) is 28.6. The predicted molar refractivity (Wildman–Crippen MR) is 240 cm³/mol. The monoisotopic (exact) mass is 1000 g/mol. The van der Waals surface area contributed by atoms with Crippen molar-refractivity contribution in [3.8, 4) is 23.0 Å². The zero-order valence-electron chi connectivity index (χ0n) is 33.5. The standard InChI is InChI=1S/C15H21NO6S.C10H14O4.C5H8ClNO2S.C5H9NO3S.Cl2OS/c1-10(17)16-12(9-23)15(19)22-8-11(18)7-21-14-6-4-3-5-13(14)20-2;1-13-9-4-2-3-5-10(9)14-7-8(12)6-11;1-3(8)7-4(2-10)5(6)9;1-3(7)6-4(2-10)5(8)9;1-4(2)3/h3-6,11-12,18,23H,7-9H2,1-2H3,(H,16,17);2-5,8,11-12H,6-7H2,1H3;4,10H,2H2,1H3,(H,7,8);4,10H,2H2,1H3,(H,6,7)(H,8,9);/t11?,12-;;2*4-;/m1.11./s1. The van der Waals surface area contributed by atoms with E-state index in [1.165, 1.54) is 27.9 Å². The summed E-state index contributed by atoms with van der Waals surface area (Å²) in [6, 6.07) is 11.7. The molecule has 0 heterocycles. The number of aliphatic hydroxyl groups excluding tert-OH is 3. The molecule has 0 aliphatic carbocycles. The molecule has 2 rings (SSSR count). The molecule has 0 aliphatic rings. The maximum Gasteiger partial charge on any atom is 0.329 e. The molecule has 2 unspecified atom stereocenters. The lowest BCUT2D eigenvalue weighted by Crippen LogP contribution is -2.43. The molecule has 0 saturated heterocycles. The summed E-state index contributed by atoms with van der Waals surface area (Å²) >= 11 is 16.6. The summed E-state index contributed by atoms with van der Waals surface area (Å²) in [7, 11) is 10.4. The lowest BCUT2D eigenvalue weighted by molar-refractivity contribution is -0.150. The number of halogens is 3. The molecule has 348 valence electrons. The van der Waals surface area contributed by atoms with Gasteiger partial charge in [-0.25, -0.2) is 13.8 Å². The normalized spacial score (nSPS) is 12.2. The molecule has 0 aromatic heterocycles. The Morgan fingerprint density at radius 3 is 1.28 bits per heavy atom. The number of hydrogen-bond acceptors (Lipinski definition) is 18. The zero-order chi connectivity index (χ0) is 47.5. The Balaban J connectivity index is -0.000000759. The predicted octanol–water partition coefficient (Wildman–Crippen LogP) is 1.57. The van der Waals surface area contributed by atoms with E-state index in [0.717, 1.165) is 0 Å². The Bertz CT molecular complexity index is 1590. The third kappa shape index (κ3) is 34.8. The van der Waals surface area contributed by atoms with Crippen LogP contribution in [-0.4, -0.2) is 148 Å². The Morgan fingerprint density at radius 1 is 0.656 bits per heavy atom. The molecule has 61 heavy (non-hydrogen) atoms. The second-order valence-corrected chi connectivity index (χ2v) is 15.2. The van der Waals surface area contributed by atoms with Gasteiger partial charge < -0.3 is 60.1 Å². The van der Waals surface area contributed by atoms with E-state index in [2.05, 4.69) is 75.2 Å². The summed E-state index contributed by atoms with van der Waals surface area (Å²) in [6.07, 6.45) is -1.87. The van der Waals surface area contributed by atoms with Gasteiger partial charge in [-0.3, -0.25) is 19.2 Å². The van der Waals surface area contributed by atoms with Gasteiger partial charge in [0.25, 0.3) is 0 Å². The van der Waals surface area contributed by atoms with E-state index in [4.69, 9.17) is 54.8 Å².